The number of halogens is 3. The lowest BCUT2D eigenvalue weighted by Gasteiger charge is -2.22. The maximum Gasteiger partial charge on any atom is 0.417 e. The van der Waals surface area contributed by atoms with Gasteiger partial charge in [0.15, 0.2) is 5.58 Å². The third-order valence-corrected chi connectivity index (χ3v) is 6.91. The van der Waals surface area contributed by atoms with Crippen LogP contribution in [0.4, 0.5) is 13.2 Å². The summed E-state index contributed by atoms with van der Waals surface area (Å²) in [5.74, 6) is 0.754. The zero-order chi connectivity index (χ0) is 23.7. The molecule has 2 heterocycles. The molecule has 0 aliphatic carbocycles. The zero-order valence-electron chi connectivity index (χ0n) is 18.1. The Bertz CT molecular complexity index is 1320. The number of nitrogens with zero attached hydrogens (tertiary/aromatic N) is 2. The quantitative estimate of drug-likeness (QED) is 0.288. The number of alkyl halides is 3. The van der Waals surface area contributed by atoms with E-state index in [-0.39, 0.29) is 17.5 Å². The van der Waals surface area contributed by atoms with E-state index in [1.165, 1.54) is 23.9 Å². The van der Waals surface area contributed by atoms with Crippen LogP contribution < -0.4 is 0 Å². The summed E-state index contributed by atoms with van der Waals surface area (Å²) in [7, 11) is 0. The number of amides is 1. The van der Waals surface area contributed by atoms with Crippen molar-refractivity contribution in [2.24, 2.45) is 0 Å². The summed E-state index contributed by atoms with van der Waals surface area (Å²) in [4.78, 5) is 20.3. The highest BCUT2D eigenvalue weighted by atomic mass is 32.2. The maximum atomic E-state index is 13.5. The Hall–Kier alpha value is -3.26. The lowest BCUT2D eigenvalue weighted by Crippen LogP contribution is -2.32. The zero-order valence-corrected chi connectivity index (χ0v) is 18.9. The van der Waals surface area contributed by atoms with Crippen LogP contribution in [0.5, 0.6) is 0 Å². The highest BCUT2D eigenvalue weighted by Crippen LogP contribution is 2.39. The number of carbonyl (C=O) groups is 1. The molecule has 5 rings (SSSR count). The van der Waals surface area contributed by atoms with Gasteiger partial charge in [0.1, 0.15) is 11.6 Å². The molecule has 1 aliphatic heterocycles. The fraction of sp³-hybridized carbons (Fsp3) is 0.231. The van der Waals surface area contributed by atoms with Gasteiger partial charge in [0.05, 0.1) is 11.3 Å². The minimum Gasteiger partial charge on any atom is -0.438 e. The molecule has 3 aromatic carbocycles. The first-order valence-electron chi connectivity index (χ1n) is 10.9. The summed E-state index contributed by atoms with van der Waals surface area (Å²) in [5.41, 5.74) is 0.779. The van der Waals surface area contributed by atoms with Crippen LogP contribution in [0.1, 0.15) is 30.3 Å². The SMILES string of the molecule is O=C(CSc1ccccc1)N1CCCC1c1nc2cc(-c3ccccc3C(F)(F)F)ccc2o1. The molecule has 4 aromatic rings. The van der Waals surface area contributed by atoms with Gasteiger partial charge in [-0.1, -0.05) is 42.5 Å². The van der Waals surface area contributed by atoms with Gasteiger partial charge in [-0.05, 0) is 54.3 Å². The average Bonchev–Trinajstić information content (AvgIpc) is 3.49. The molecule has 1 saturated heterocycles. The molecule has 4 nitrogen and oxygen atoms in total. The predicted molar refractivity (Wildman–Crippen MR) is 125 cm³/mol. The van der Waals surface area contributed by atoms with E-state index in [2.05, 4.69) is 4.98 Å². The van der Waals surface area contributed by atoms with Crippen molar-refractivity contribution < 1.29 is 22.4 Å². The van der Waals surface area contributed by atoms with Gasteiger partial charge < -0.3 is 9.32 Å². The van der Waals surface area contributed by atoms with Crippen molar-refractivity contribution in [1.29, 1.82) is 0 Å². The van der Waals surface area contributed by atoms with Gasteiger partial charge in [-0.15, -0.1) is 11.8 Å². The normalized spacial score (nSPS) is 16.3. The Morgan fingerprint density at radius 3 is 2.62 bits per heavy atom. The molecule has 1 aliphatic rings. The predicted octanol–water partition coefficient (Wildman–Crippen LogP) is 6.97. The molecule has 1 amide bonds. The molecule has 1 fully saturated rings. The number of fused-ring (bicyclic) bond motifs is 1. The molecule has 8 heteroatoms. The summed E-state index contributed by atoms with van der Waals surface area (Å²) in [5, 5.41) is 0. The van der Waals surface area contributed by atoms with Crippen LogP contribution in [0.25, 0.3) is 22.2 Å². The number of thioether (sulfide) groups is 1. The van der Waals surface area contributed by atoms with Gasteiger partial charge in [-0.25, -0.2) is 4.98 Å². The maximum absolute atomic E-state index is 13.5. The summed E-state index contributed by atoms with van der Waals surface area (Å²) in [6.45, 7) is 0.627. The Morgan fingerprint density at radius 1 is 1.06 bits per heavy atom. The van der Waals surface area contributed by atoms with Crippen LogP contribution in [-0.2, 0) is 11.0 Å². The van der Waals surface area contributed by atoms with Gasteiger partial charge in [0.25, 0.3) is 0 Å². The topological polar surface area (TPSA) is 46.3 Å². The van der Waals surface area contributed by atoms with Crippen molar-refractivity contribution in [2.75, 3.05) is 12.3 Å². The summed E-state index contributed by atoms with van der Waals surface area (Å²) < 4.78 is 46.4. The van der Waals surface area contributed by atoms with E-state index in [9.17, 15) is 18.0 Å². The molecule has 174 valence electrons. The number of hydrogen-bond donors (Lipinski definition) is 0. The minimum absolute atomic E-state index is 0.0124. The fourth-order valence-electron chi connectivity index (χ4n) is 4.30. The molecule has 0 spiro atoms. The molecular weight excluding hydrogens is 461 g/mol. The first-order valence-corrected chi connectivity index (χ1v) is 11.9. The summed E-state index contributed by atoms with van der Waals surface area (Å²) in [6, 6.07) is 19.8. The molecule has 0 radical (unpaired) electrons. The third kappa shape index (κ3) is 4.55. The number of hydrogen-bond acceptors (Lipinski definition) is 4. The molecule has 0 saturated carbocycles. The highest BCUT2D eigenvalue weighted by molar-refractivity contribution is 8.00. The van der Waals surface area contributed by atoms with Crippen LogP contribution >= 0.6 is 11.8 Å². The molecule has 34 heavy (non-hydrogen) atoms. The first kappa shape index (κ1) is 22.5. The van der Waals surface area contributed by atoms with E-state index in [0.717, 1.165) is 23.8 Å². The standard InChI is InChI=1S/C26H21F3N2O2S/c27-26(28,29)20-10-5-4-9-19(20)17-12-13-23-21(15-17)30-25(33-23)22-11-6-14-31(22)24(32)16-34-18-7-2-1-3-8-18/h1-5,7-10,12-13,15,22H,6,11,14,16H2. The lowest BCUT2D eigenvalue weighted by atomic mass is 9.99. The van der Waals surface area contributed by atoms with E-state index >= 15 is 0 Å². The Labute approximate surface area is 198 Å². The Balaban J connectivity index is 1.39. The van der Waals surface area contributed by atoms with Crippen molar-refractivity contribution >= 4 is 28.8 Å². The van der Waals surface area contributed by atoms with Crippen molar-refractivity contribution in [3.63, 3.8) is 0 Å². The van der Waals surface area contributed by atoms with Gasteiger partial charge >= 0.3 is 6.18 Å². The molecule has 0 N–H and O–H groups in total. The van der Waals surface area contributed by atoms with Gasteiger partial charge in [-0.3, -0.25) is 4.79 Å². The molecular formula is C26H21F3N2O2S. The minimum atomic E-state index is -4.46. The van der Waals surface area contributed by atoms with Crippen molar-refractivity contribution in [2.45, 2.75) is 30.0 Å². The molecule has 0 bridgehead atoms. The molecule has 1 unspecified atom stereocenters. The van der Waals surface area contributed by atoms with Crippen LogP contribution in [-0.4, -0.2) is 28.1 Å². The number of carbonyl (C=O) groups excluding carboxylic acids is 1. The van der Waals surface area contributed by atoms with Crippen molar-refractivity contribution in [1.82, 2.24) is 9.88 Å². The first-order chi connectivity index (χ1) is 16.4. The Morgan fingerprint density at radius 2 is 1.82 bits per heavy atom. The second-order valence-corrected chi connectivity index (χ2v) is 9.17. The van der Waals surface area contributed by atoms with Crippen LogP contribution in [0.3, 0.4) is 0 Å². The molecule has 1 aromatic heterocycles. The average molecular weight is 483 g/mol. The Kier molecular flexibility index (Phi) is 6.08. The summed E-state index contributed by atoms with van der Waals surface area (Å²) >= 11 is 1.49. The number of rotatable bonds is 5. The van der Waals surface area contributed by atoms with Crippen molar-refractivity contribution in [3.8, 4) is 11.1 Å². The second kappa shape index (κ2) is 9.18. The smallest absolute Gasteiger partial charge is 0.417 e. The van der Waals surface area contributed by atoms with E-state index < -0.39 is 11.7 Å². The van der Waals surface area contributed by atoms with E-state index in [1.54, 1.807) is 29.2 Å². The third-order valence-electron chi connectivity index (χ3n) is 5.91. The fourth-order valence-corrected chi connectivity index (χ4v) is 5.11. The second-order valence-electron chi connectivity index (χ2n) is 8.12. The van der Waals surface area contributed by atoms with Crippen LogP contribution in [0.2, 0.25) is 0 Å². The number of benzene rings is 3. The van der Waals surface area contributed by atoms with E-state index in [0.29, 0.717) is 34.9 Å². The van der Waals surface area contributed by atoms with E-state index in [4.69, 9.17) is 4.42 Å². The highest BCUT2D eigenvalue weighted by Gasteiger charge is 2.35. The largest absolute Gasteiger partial charge is 0.438 e. The molecule has 1 atom stereocenters. The monoisotopic (exact) mass is 482 g/mol. The van der Waals surface area contributed by atoms with Crippen molar-refractivity contribution in [3.05, 3.63) is 84.3 Å². The van der Waals surface area contributed by atoms with Crippen LogP contribution in [0, 0.1) is 0 Å². The number of oxazole rings is 1. The lowest BCUT2D eigenvalue weighted by molar-refractivity contribution is -0.137. The van der Waals surface area contributed by atoms with Gasteiger partial charge in [0, 0.05) is 11.4 Å². The summed E-state index contributed by atoms with van der Waals surface area (Å²) in [6.07, 6.45) is -2.88. The number of aromatic nitrogens is 1. The van der Waals surface area contributed by atoms with Gasteiger partial charge in [-0.2, -0.15) is 13.2 Å². The van der Waals surface area contributed by atoms with E-state index in [1.807, 2.05) is 30.3 Å². The van der Waals surface area contributed by atoms with Crippen LogP contribution in [0.15, 0.2) is 82.1 Å². The number of likely N-dealkylation sites (tertiary alicyclic amines) is 1. The van der Waals surface area contributed by atoms with Gasteiger partial charge in [0.2, 0.25) is 11.8 Å².